The van der Waals surface area contributed by atoms with Gasteiger partial charge in [0.2, 0.25) is 5.91 Å². The SMILES string of the molecule is CC.CC(=O)N1CCC=C(c2ccc(Cl)c(C)n2)C1. The van der Waals surface area contributed by atoms with Crippen LogP contribution in [-0.4, -0.2) is 28.9 Å². The van der Waals surface area contributed by atoms with Gasteiger partial charge in [0, 0.05) is 20.0 Å². The van der Waals surface area contributed by atoms with Crippen LogP contribution in [0.15, 0.2) is 18.2 Å². The zero-order valence-electron chi connectivity index (χ0n) is 12.0. The van der Waals surface area contributed by atoms with E-state index in [4.69, 9.17) is 11.6 Å². The van der Waals surface area contributed by atoms with E-state index in [1.807, 2.05) is 37.8 Å². The maximum Gasteiger partial charge on any atom is 0.219 e. The van der Waals surface area contributed by atoms with E-state index >= 15 is 0 Å². The van der Waals surface area contributed by atoms with Crippen molar-refractivity contribution in [3.8, 4) is 0 Å². The molecule has 1 aromatic heterocycles. The number of carbonyl (C=O) groups is 1. The van der Waals surface area contributed by atoms with Gasteiger partial charge in [0.05, 0.1) is 16.4 Å². The Balaban J connectivity index is 0.000000861. The average molecular weight is 281 g/mol. The molecule has 19 heavy (non-hydrogen) atoms. The van der Waals surface area contributed by atoms with Crippen molar-refractivity contribution in [2.45, 2.75) is 34.1 Å². The molecular weight excluding hydrogens is 260 g/mol. The summed E-state index contributed by atoms with van der Waals surface area (Å²) in [7, 11) is 0. The van der Waals surface area contributed by atoms with Gasteiger partial charge in [-0.05, 0) is 31.1 Å². The summed E-state index contributed by atoms with van der Waals surface area (Å²) in [4.78, 5) is 17.6. The van der Waals surface area contributed by atoms with Crippen molar-refractivity contribution < 1.29 is 4.79 Å². The highest BCUT2D eigenvalue weighted by Crippen LogP contribution is 2.22. The zero-order valence-corrected chi connectivity index (χ0v) is 12.8. The minimum absolute atomic E-state index is 0.112. The maximum atomic E-state index is 11.4. The van der Waals surface area contributed by atoms with Crippen LogP contribution >= 0.6 is 11.6 Å². The van der Waals surface area contributed by atoms with Gasteiger partial charge < -0.3 is 4.90 Å². The molecule has 0 bridgehead atoms. The van der Waals surface area contributed by atoms with Gasteiger partial charge in [0.25, 0.3) is 0 Å². The quantitative estimate of drug-likeness (QED) is 0.786. The number of hydrogen-bond donors (Lipinski definition) is 0. The smallest absolute Gasteiger partial charge is 0.219 e. The van der Waals surface area contributed by atoms with E-state index in [0.29, 0.717) is 11.6 Å². The number of rotatable bonds is 1. The van der Waals surface area contributed by atoms with Crippen molar-refractivity contribution in [3.63, 3.8) is 0 Å². The normalized spacial score (nSPS) is 14.4. The number of carbonyl (C=O) groups excluding carboxylic acids is 1. The molecule has 1 amide bonds. The zero-order chi connectivity index (χ0) is 14.4. The van der Waals surface area contributed by atoms with Crippen LogP contribution in [0.1, 0.15) is 38.6 Å². The topological polar surface area (TPSA) is 33.2 Å². The van der Waals surface area contributed by atoms with E-state index in [9.17, 15) is 4.79 Å². The van der Waals surface area contributed by atoms with Gasteiger partial charge in [-0.2, -0.15) is 0 Å². The summed E-state index contributed by atoms with van der Waals surface area (Å²) in [5, 5.41) is 0.675. The number of amides is 1. The minimum atomic E-state index is 0.112. The number of aromatic nitrogens is 1. The van der Waals surface area contributed by atoms with E-state index in [1.165, 1.54) is 0 Å². The van der Waals surface area contributed by atoms with Crippen LogP contribution in [-0.2, 0) is 4.79 Å². The van der Waals surface area contributed by atoms with Crippen LogP contribution < -0.4 is 0 Å². The molecule has 1 aliphatic heterocycles. The lowest BCUT2D eigenvalue weighted by molar-refractivity contribution is -0.128. The number of hydrogen-bond acceptors (Lipinski definition) is 2. The molecule has 3 nitrogen and oxygen atoms in total. The van der Waals surface area contributed by atoms with Gasteiger partial charge in [-0.3, -0.25) is 9.78 Å². The third kappa shape index (κ3) is 4.06. The van der Waals surface area contributed by atoms with Crippen LogP contribution in [0.4, 0.5) is 0 Å². The summed E-state index contributed by atoms with van der Waals surface area (Å²) in [6.45, 7) is 8.93. The predicted molar refractivity (Wildman–Crippen MR) is 80.2 cm³/mol. The molecule has 0 spiro atoms. The largest absolute Gasteiger partial charge is 0.338 e. The van der Waals surface area contributed by atoms with Crippen LogP contribution in [0.25, 0.3) is 5.57 Å². The number of pyridine rings is 1. The van der Waals surface area contributed by atoms with E-state index < -0.39 is 0 Å². The third-order valence-corrected chi connectivity index (χ3v) is 3.35. The van der Waals surface area contributed by atoms with Gasteiger partial charge in [0.15, 0.2) is 0 Å². The molecule has 4 heteroatoms. The molecule has 104 valence electrons. The van der Waals surface area contributed by atoms with E-state index in [1.54, 1.807) is 6.92 Å². The molecule has 0 radical (unpaired) electrons. The second-order valence-electron chi connectivity index (χ2n) is 4.22. The Hall–Kier alpha value is -1.35. The Labute approximate surface area is 120 Å². The Bertz CT molecular complexity index is 483. The molecule has 0 N–H and O–H groups in total. The first-order valence-corrected chi connectivity index (χ1v) is 7.04. The molecule has 0 aliphatic carbocycles. The first kappa shape index (κ1) is 15.7. The molecule has 1 aliphatic rings. The van der Waals surface area contributed by atoms with Crippen LogP contribution in [0, 0.1) is 6.92 Å². The van der Waals surface area contributed by atoms with Crippen LogP contribution in [0.5, 0.6) is 0 Å². The molecule has 2 rings (SSSR count). The fraction of sp³-hybridized carbons (Fsp3) is 0.467. The molecule has 0 atom stereocenters. The third-order valence-electron chi connectivity index (χ3n) is 2.95. The van der Waals surface area contributed by atoms with E-state index in [0.717, 1.165) is 29.9 Å². The van der Waals surface area contributed by atoms with Crippen molar-refractivity contribution in [1.29, 1.82) is 0 Å². The van der Waals surface area contributed by atoms with Crippen molar-refractivity contribution in [1.82, 2.24) is 9.88 Å². The highest BCUT2D eigenvalue weighted by atomic mass is 35.5. The first-order valence-electron chi connectivity index (χ1n) is 6.66. The fourth-order valence-corrected chi connectivity index (χ4v) is 2.03. The average Bonchev–Trinajstić information content (AvgIpc) is 2.44. The van der Waals surface area contributed by atoms with Gasteiger partial charge in [-0.1, -0.05) is 31.5 Å². The van der Waals surface area contributed by atoms with Gasteiger partial charge in [0.1, 0.15) is 0 Å². The minimum Gasteiger partial charge on any atom is -0.338 e. The second kappa shape index (κ2) is 7.29. The lowest BCUT2D eigenvalue weighted by atomic mass is 10.1. The van der Waals surface area contributed by atoms with Crippen molar-refractivity contribution in [2.24, 2.45) is 0 Å². The summed E-state index contributed by atoms with van der Waals surface area (Å²) in [5.74, 6) is 0.112. The molecule has 0 aromatic carbocycles. The van der Waals surface area contributed by atoms with Crippen molar-refractivity contribution >= 4 is 23.1 Å². The Morgan fingerprint density at radius 2 is 2.05 bits per heavy atom. The van der Waals surface area contributed by atoms with Crippen molar-refractivity contribution in [2.75, 3.05) is 13.1 Å². The number of halogens is 1. The predicted octanol–water partition coefficient (Wildman–Crippen LogP) is 3.71. The van der Waals surface area contributed by atoms with E-state index in [2.05, 4.69) is 11.1 Å². The molecule has 0 fully saturated rings. The maximum absolute atomic E-state index is 11.4. The molecule has 2 heterocycles. The molecule has 0 unspecified atom stereocenters. The van der Waals surface area contributed by atoms with Crippen molar-refractivity contribution in [3.05, 3.63) is 34.6 Å². The standard InChI is InChI=1S/C13H15ClN2O.C2H6/c1-9-12(14)5-6-13(15-9)11-4-3-7-16(8-11)10(2)17;1-2/h4-6H,3,7-8H2,1-2H3;1-2H3. The van der Waals surface area contributed by atoms with Gasteiger partial charge >= 0.3 is 0 Å². The van der Waals surface area contributed by atoms with Gasteiger partial charge in [-0.15, -0.1) is 0 Å². The molecule has 0 saturated heterocycles. The summed E-state index contributed by atoms with van der Waals surface area (Å²) >= 11 is 5.95. The summed E-state index contributed by atoms with van der Waals surface area (Å²) in [5.41, 5.74) is 2.84. The Kier molecular flexibility index (Phi) is 6.03. The lowest BCUT2D eigenvalue weighted by Gasteiger charge is -2.26. The lowest BCUT2D eigenvalue weighted by Crippen LogP contribution is -2.33. The Morgan fingerprint density at radius 3 is 2.63 bits per heavy atom. The highest BCUT2D eigenvalue weighted by molar-refractivity contribution is 6.31. The first-order chi connectivity index (χ1) is 9.08. The van der Waals surface area contributed by atoms with Gasteiger partial charge in [-0.25, -0.2) is 0 Å². The monoisotopic (exact) mass is 280 g/mol. The Morgan fingerprint density at radius 1 is 1.37 bits per heavy atom. The van der Waals surface area contributed by atoms with Crippen LogP contribution in [0.3, 0.4) is 0 Å². The summed E-state index contributed by atoms with van der Waals surface area (Å²) in [6.07, 6.45) is 3.04. The molecule has 0 saturated carbocycles. The molecule has 1 aromatic rings. The fourth-order valence-electron chi connectivity index (χ4n) is 1.92. The molecular formula is C15H21ClN2O. The highest BCUT2D eigenvalue weighted by Gasteiger charge is 2.16. The number of aryl methyl sites for hydroxylation is 1. The number of nitrogens with zero attached hydrogens (tertiary/aromatic N) is 2. The summed E-state index contributed by atoms with van der Waals surface area (Å²) < 4.78 is 0. The van der Waals surface area contributed by atoms with E-state index in [-0.39, 0.29) is 5.91 Å². The van der Waals surface area contributed by atoms with Crippen LogP contribution in [0.2, 0.25) is 5.02 Å². The second-order valence-corrected chi connectivity index (χ2v) is 4.63. The summed E-state index contributed by atoms with van der Waals surface area (Å²) in [6, 6.07) is 3.76.